The summed E-state index contributed by atoms with van der Waals surface area (Å²) in [7, 11) is 0. The number of rotatable bonds is 3. The fourth-order valence-corrected chi connectivity index (χ4v) is 1.22. The number of ether oxygens (including phenoxy) is 1. The monoisotopic (exact) mass is 179 g/mol. The Morgan fingerprint density at radius 1 is 1.58 bits per heavy atom. The second-order valence-corrected chi connectivity index (χ2v) is 2.93. The third-order valence-corrected chi connectivity index (χ3v) is 2.09. The summed E-state index contributed by atoms with van der Waals surface area (Å²) < 4.78 is 29.7. The summed E-state index contributed by atoms with van der Waals surface area (Å²) in [6.45, 7) is 0.918. The normalized spacial score (nSPS) is 31.3. The van der Waals surface area contributed by atoms with E-state index in [2.05, 4.69) is 4.74 Å². The summed E-state index contributed by atoms with van der Waals surface area (Å²) in [5.74, 6) is -4.94. The van der Waals surface area contributed by atoms with Crippen LogP contribution in [0.2, 0.25) is 0 Å². The second-order valence-electron chi connectivity index (χ2n) is 2.93. The SMILES string of the molecule is CC(=O)OC[C@@H]1C(CN)C1(F)F. The molecule has 0 bridgehead atoms. The van der Waals surface area contributed by atoms with Gasteiger partial charge in [-0.1, -0.05) is 0 Å². The molecule has 0 spiro atoms. The Morgan fingerprint density at radius 2 is 2.17 bits per heavy atom. The van der Waals surface area contributed by atoms with Gasteiger partial charge in [-0.05, 0) is 0 Å². The number of carbonyl (C=O) groups is 1. The summed E-state index contributed by atoms with van der Waals surface area (Å²) in [5, 5.41) is 0. The van der Waals surface area contributed by atoms with Crippen LogP contribution in [0.3, 0.4) is 0 Å². The first-order valence-electron chi connectivity index (χ1n) is 3.71. The highest BCUT2D eigenvalue weighted by atomic mass is 19.3. The number of alkyl halides is 2. The van der Waals surface area contributed by atoms with Crippen LogP contribution >= 0.6 is 0 Å². The Balaban J connectivity index is 2.32. The average Bonchev–Trinajstić information content (AvgIpc) is 2.48. The van der Waals surface area contributed by atoms with Crippen molar-refractivity contribution < 1.29 is 18.3 Å². The zero-order valence-electron chi connectivity index (χ0n) is 6.72. The number of carbonyl (C=O) groups excluding carboxylic acids is 1. The molecule has 0 radical (unpaired) electrons. The van der Waals surface area contributed by atoms with E-state index in [-0.39, 0.29) is 13.2 Å². The average molecular weight is 179 g/mol. The maximum atomic E-state index is 12.6. The van der Waals surface area contributed by atoms with Crippen molar-refractivity contribution in [1.29, 1.82) is 0 Å². The van der Waals surface area contributed by atoms with Crippen molar-refractivity contribution in [2.45, 2.75) is 12.8 Å². The molecule has 1 fully saturated rings. The molecule has 0 aliphatic heterocycles. The van der Waals surface area contributed by atoms with E-state index in [1.54, 1.807) is 0 Å². The standard InChI is InChI=1S/C7H11F2NO2/c1-4(11)12-3-6-5(2-10)7(6,8)9/h5-6H,2-3,10H2,1H3/t5?,6-/m1/s1. The van der Waals surface area contributed by atoms with Crippen molar-refractivity contribution in [3.8, 4) is 0 Å². The number of esters is 1. The van der Waals surface area contributed by atoms with Gasteiger partial charge in [0.1, 0.15) is 6.61 Å². The Bertz CT molecular complexity index is 196. The largest absolute Gasteiger partial charge is 0.465 e. The van der Waals surface area contributed by atoms with Gasteiger partial charge in [0.25, 0.3) is 5.92 Å². The zero-order valence-corrected chi connectivity index (χ0v) is 6.72. The molecule has 0 aromatic rings. The van der Waals surface area contributed by atoms with Crippen LogP contribution in [0.4, 0.5) is 8.78 Å². The molecule has 3 nitrogen and oxygen atoms in total. The van der Waals surface area contributed by atoms with Gasteiger partial charge in [-0.3, -0.25) is 4.79 Å². The lowest BCUT2D eigenvalue weighted by atomic mass is 10.3. The maximum absolute atomic E-state index is 12.6. The minimum absolute atomic E-state index is 0.0566. The Morgan fingerprint density at radius 3 is 2.50 bits per heavy atom. The number of hydrogen-bond acceptors (Lipinski definition) is 3. The van der Waals surface area contributed by atoms with Crippen LogP contribution in [-0.4, -0.2) is 25.0 Å². The van der Waals surface area contributed by atoms with Crippen LogP contribution in [0.1, 0.15) is 6.92 Å². The van der Waals surface area contributed by atoms with Gasteiger partial charge in [-0.25, -0.2) is 8.78 Å². The lowest BCUT2D eigenvalue weighted by Crippen LogP contribution is -2.07. The van der Waals surface area contributed by atoms with E-state index in [4.69, 9.17) is 5.73 Å². The molecule has 1 aliphatic rings. The highest BCUT2D eigenvalue weighted by molar-refractivity contribution is 5.65. The number of nitrogens with two attached hydrogens (primary N) is 1. The van der Waals surface area contributed by atoms with Crippen LogP contribution in [0.5, 0.6) is 0 Å². The molecule has 0 amide bonds. The smallest absolute Gasteiger partial charge is 0.302 e. The topological polar surface area (TPSA) is 52.3 Å². The van der Waals surface area contributed by atoms with Gasteiger partial charge in [0.15, 0.2) is 0 Å². The van der Waals surface area contributed by atoms with Gasteiger partial charge in [0.2, 0.25) is 0 Å². The Kier molecular flexibility index (Phi) is 2.32. The third kappa shape index (κ3) is 1.55. The Hall–Kier alpha value is -0.710. The number of halogens is 2. The van der Waals surface area contributed by atoms with Gasteiger partial charge in [-0.2, -0.15) is 0 Å². The first-order chi connectivity index (χ1) is 5.50. The summed E-state index contributed by atoms with van der Waals surface area (Å²) in [6.07, 6.45) is 0. The molecular formula is C7H11F2NO2. The fourth-order valence-electron chi connectivity index (χ4n) is 1.22. The molecule has 2 N–H and O–H groups in total. The molecule has 2 atom stereocenters. The molecule has 12 heavy (non-hydrogen) atoms. The van der Waals surface area contributed by atoms with Crippen molar-refractivity contribution in [2.75, 3.05) is 13.2 Å². The lowest BCUT2D eigenvalue weighted by molar-refractivity contribution is -0.142. The quantitative estimate of drug-likeness (QED) is 0.637. The molecule has 1 unspecified atom stereocenters. The van der Waals surface area contributed by atoms with Gasteiger partial charge in [-0.15, -0.1) is 0 Å². The molecule has 1 aliphatic carbocycles. The molecule has 1 rings (SSSR count). The van der Waals surface area contributed by atoms with Gasteiger partial charge >= 0.3 is 5.97 Å². The van der Waals surface area contributed by atoms with E-state index in [1.807, 2.05) is 0 Å². The van der Waals surface area contributed by atoms with Gasteiger partial charge < -0.3 is 10.5 Å². The lowest BCUT2D eigenvalue weighted by Gasteiger charge is -1.98. The van der Waals surface area contributed by atoms with E-state index in [9.17, 15) is 13.6 Å². The molecule has 0 heterocycles. The minimum atomic E-state index is -2.73. The summed E-state index contributed by atoms with van der Waals surface area (Å²) in [6, 6.07) is 0. The highest BCUT2D eigenvalue weighted by Crippen LogP contribution is 2.54. The molecular weight excluding hydrogens is 168 g/mol. The predicted octanol–water partition coefficient (Wildman–Crippen LogP) is 0.389. The molecule has 0 saturated heterocycles. The molecule has 5 heteroatoms. The third-order valence-electron chi connectivity index (χ3n) is 2.09. The van der Waals surface area contributed by atoms with E-state index in [0.717, 1.165) is 0 Å². The van der Waals surface area contributed by atoms with Crippen molar-refractivity contribution in [2.24, 2.45) is 17.6 Å². The van der Waals surface area contributed by atoms with E-state index in [1.165, 1.54) is 6.92 Å². The molecule has 1 saturated carbocycles. The van der Waals surface area contributed by atoms with E-state index >= 15 is 0 Å². The number of hydrogen-bond donors (Lipinski definition) is 1. The van der Waals surface area contributed by atoms with Crippen LogP contribution in [0.15, 0.2) is 0 Å². The van der Waals surface area contributed by atoms with Crippen molar-refractivity contribution in [3.63, 3.8) is 0 Å². The zero-order chi connectivity index (χ0) is 9.35. The molecule has 0 aromatic heterocycles. The summed E-state index contributed by atoms with van der Waals surface area (Å²) >= 11 is 0. The van der Waals surface area contributed by atoms with E-state index < -0.39 is 23.7 Å². The fraction of sp³-hybridized carbons (Fsp3) is 0.857. The first-order valence-corrected chi connectivity index (χ1v) is 3.71. The maximum Gasteiger partial charge on any atom is 0.302 e. The second kappa shape index (κ2) is 2.97. The van der Waals surface area contributed by atoms with Crippen LogP contribution in [0.25, 0.3) is 0 Å². The van der Waals surface area contributed by atoms with Crippen LogP contribution in [0, 0.1) is 11.8 Å². The van der Waals surface area contributed by atoms with Crippen LogP contribution < -0.4 is 5.73 Å². The minimum Gasteiger partial charge on any atom is -0.465 e. The van der Waals surface area contributed by atoms with Crippen molar-refractivity contribution in [3.05, 3.63) is 0 Å². The van der Waals surface area contributed by atoms with Crippen molar-refractivity contribution in [1.82, 2.24) is 0 Å². The van der Waals surface area contributed by atoms with Gasteiger partial charge in [0.05, 0.1) is 5.92 Å². The van der Waals surface area contributed by atoms with Crippen molar-refractivity contribution >= 4 is 5.97 Å². The first kappa shape index (κ1) is 9.38. The van der Waals surface area contributed by atoms with E-state index in [0.29, 0.717) is 0 Å². The highest BCUT2D eigenvalue weighted by Gasteiger charge is 2.67. The summed E-state index contributed by atoms with van der Waals surface area (Å²) in [5.41, 5.74) is 5.09. The van der Waals surface area contributed by atoms with Gasteiger partial charge in [0, 0.05) is 19.4 Å². The predicted molar refractivity (Wildman–Crippen MR) is 37.6 cm³/mol. The van der Waals surface area contributed by atoms with Crippen LogP contribution in [-0.2, 0) is 9.53 Å². The molecule has 0 aromatic carbocycles. The summed E-state index contributed by atoms with van der Waals surface area (Å²) in [4.78, 5) is 10.3. The Labute approximate surface area is 68.9 Å². The molecule has 70 valence electrons.